The summed E-state index contributed by atoms with van der Waals surface area (Å²) < 4.78 is 2.27. The highest BCUT2D eigenvalue weighted by atomic mass is 15.1. The van der Waals surface area contributed by atoms with E-state index in [0.717, 1.165) is 0 Å². The van der Waals surface area contributed by atoms with Crippen LogP contribution in [0, 0.1) is 0 Å². The lowest BCUT2D eigenvalue weighted by Gasteiger charge is -2.30. The lowest BCUT2D eigenvalue weighted by atomic mass is 9.92. The predicted molar refractivity (Wildman–Crippen MR) is 61.8 cm³/mol. The summed E-state index contributed by atoms with van der Waals surface area (Å²) in [6.07, 6.45) is 14.0. The summed E-state index contributed by atoms with van der Waals surface area (Å²) in [4.78, 5) is 4.16. The van der Waals surface area contributed by atoms with Gasteiger partial charge in [0.25, 0.3) is 0 Å². The number of nitrogens with zero attached hydrogens (tertiary/aromatic N) is 2. The van der Waals surface area contributed by atoms with Crippen molar-refractivity contribution in [1.82, 2.24) is 14.9 Å². The Morgan fingerprint density at radius 3 is 2.67 bits per heavy atom. The largest absolute Gasteiger partial charge is 0.333 e. The topological polar surface area (TPSA) is 29.9 Å². The number of rotatable bonds is 2. The van der Waals surface area contributed by atoms with Gasteiger partial charge in [-0.25, -0.2) is 4.98 Å². The van der Waals surface area contributed by atoms with Crippen LogP contribution in [0.15, 0.2) is 18.7 Å². The first-order valence-corrected chi connectivity index (χ1v) is 6.06. The van der Waals surface area contributed by atoms with E-state index in [2.05, 4.69) is 28.1 Å². The molecule has 3 heteroatoms. The quantitative estimate of drug-likeness (QED) is 0.807. The number of imidazole rings is 1. The van der Waals surface area contributed by atoms with Crippen molar-refractivity contribution in [1.29, 1.82) is 0 Å². The van der Waals surface area contributed by atoms with Crippen molar-refractivity contribution < 1.29 is 0 Å². The summed E-state index contributed by atoms with van der Waals surface area (Å²) in [5, 5.41) is 3.46. The minimum atomic E-state index is 0.595. The van der Waals surface area contributed by atoms with Gasteiger partial charge in [0, 0.05) is 24.5 Å². The van der Waals surface area contributed by atoms with E-state index >= 15 is 0 Å². The zero-order valence-electron chi connectivity index (χ0n) is 9.52. The predicted octanol–water partition coefficient (Wildman–Crippen LogP) is 2.37. The van der Waals surface area contributed by atoms with E-state index in [1.54, 1.807) is 0 Å². The molecule has 2 rings (SSSR count). The summed E-state index contributed by atoms with van der Waals surface area (Å²) in [7, 11) is 2.08. The maximum absolute atomic E-state index is 4.16. The SMILES string of the molecule is CNC1CCCCCCC1n1ccnc1. The standard InChI is InChI=1S/C12H21N3/c1-13-11-6-4-2-3-5-7-12(11)15-9-8-14-10-15/h8-13H,2-7H2,1H3. The van der Waals surface area contributed by atoms with Crippen molar-refractivity contribution in [3.63, 3.8) is 0 Å². The summed E-state index contributed by atoms with van der Waals surface area (Å²) in [5.74, 6) is 0. The second-order valence-electron chi connectivity index (χ2n) is 4.46. The van der Waals surface area contributed by atoms with Gasteiger partial charge in [0.05, 0.1) is 6.33 Å². The van der Waals surface area contributed by atoms with Crippen LogP contribution in [-0.4, -0.2) is 22.6 Å². The molecule has 1 heterocycles. The van der Waals surface area contributed by atoms with Gasteiger partial charge in [0.2, 0.25) is 0 Å². The van der Waals surface area contributed by atoms with Crippen LogP contribution in [0.5, 0.6) is 0 Å². The lowest BCUT2D eigenvalue weighted by Crippen LogP contribution is -2.35. The van der Waals surface area contributed by atoms with Crippen LogP contribution in [0.4, 0.5) is 0 Å². The van der Waals surface area contributed by atoms with Crippen LogP contribution in [0.2, 0.25) is 0 Å². The van der Waals surface area contributed by atoms with Crippen molar-refractivity contribution in [3.8, 4) is 0 Å². The highest BCUT2D eigenvalue weighted by Crippen LogP contribution is 2.26. The first kappa shape index (κ1) is 10.7. The molecule has 2 unspecified atom stereocenters. The molecular formula is C12H21N3. The molecule has 0 spiro atoms. The van der Waals surface area contributed by atoms with Crippen molar-refractivity contribution in [2.24, 2.45) is 0 Å². The van der Waals surface area contributed by atoms with Gasteiger partial charge in [-0.3, -0.25) is 0 Å². The Morgan fingerprint density at radius 2 is 2.00 bits per heavy atom. The smallest absolute Gasteiger partial charge is 0.0949 e. The second-order valence-corrected chi connectivity index (χ2v) is 4.46. The highest BCUT2D eigenvalue weighted by Gasteiger charge is 2.22. The van der Waals surface area contributed by atoms with Crippen LogP contribution in [-0.2, 0) is 0 Å². The van der Waals surface area contributed by atoms with Crippen molar-refractivity contribution in [3.05, 3.63) is 18.7 Å². The molecule has 1 aliphatic carbocycles. The van der Waals surface area contributed by atoms with Gasteiger partial charge in [0.15, 0.2) is 0 Å². The van der Waals surface area contributed by atoms with E-state index < -0.39 is 0 Å². The van der Waals surface area contributed by atoms with Crippen LogP contribution in [0.1, 0.15) is 44.6 Å². The minimum absolute atomic E-state index is 0.595. The molecule has 0 bridgehead atoms. The van der Waals surface area contributed by atoms with Gasteiger partial charge < -0.3 is 9.88 Å². The number of aromatic nitrogens is 2. The molecule has 1 aromatic heterocycles. The molecule has 0 radical (unpaired) electrons. The molecule has 1 aromatic rings. The van der Waals surface area contributed by atoms with Crippen LogP contribution >= 0.6 is 0 Å². The Hall–Kier alpha value is -0.830. The minimum Gasteiger partial charge on any atom is -0.333 e. The molecule has 3 nitrogen and oxygen atoms in total. The van der Waals surface area contributed by atoms with Gasteiger partial charge >= 0.3 is 0 Å². The van der Waals surface area contributed by atoms with Crippen LogP contribution < -0.4 is 5.32 Å². The monoisotopic (exact) mass is 207 g/mol. The van der Waals surface area contributed by atoms with Crippen LogP contribution in [0.3, 0.4) is 0 Å². The molecule has 1 saturated carbocycles. The Labute approximate surface area is 91.9 Å². The molecule has 1 fully saturated rings. The normalized spacial score (nSPS) is 28.3. The molecule has 1 N–H and O–H groups in total. The third-order valence-electron chi connectivity index (χ3n) is 3.51. The van der Waals surface area contributed by atoms with Crippen molar-refractivity contribution >= 4 is 0 Å². The Kier molecular flexibility index (Phi) is 3.78. The number of likely N-dealkylation sites (N-methyl/N-ethyl adjacent to an activating group) is 1. The fraction of sp³-hybridized carbons (Fsp3) is 0.750. The lowest BCUT2D eigenvalue weighted by molar-refractivity contribution is 0.295. The highest BCUT2D eigenvalue weighted by molar-refractivity contribution is 4.87. The molecule has 0 aromatic carbocycles. The molecular weight excluding hydrogens is 186 g/mol. The van der Waals surface area contributed by atoms with Gasteiger partial charge in [-0.2, -0.15) is 0 Å². The van der Waals surface area contributed by atoms with Gasteiger partial charge in [-0.15, -0.1) is 0 Å². The van der Waals surface area contributed by atoms with E-state index in [1.807, 2.05) is 12.5 Å². The molecule has 0 amide bonds. The average molecular weight is 207 g/mol. The first-order valence-electron chi connectivity index (χ1n) is 6.06. The molecule has 2 atom stereocenters. The number of hydrogen-bond acceptors (Lipinski definition) is 2. The fourth-order valence-electron chi connectivity index (χ4n) is 2.62. The third-order valence-corrected chi connectivity index (χ3v) is 3.51. The van der Waals surface area contributed by atoms with Crippen LogP contribution in [0.25, 0.3) is 0 Å². The third kappa shape index (κ3) is 2.59. The average Bonchev–Trinajstić information content (AvgIpc) is 2.71. The van der Waals surface area contributed by atoms with Crippen molar-refractivity contribution in [2.45, 2.75) is 50.6 Å². The summed E-state index contributed by atoms with van der Waals surface area (Å²) >= 11 is 0. The molecule has 84 valence electrons. The zero-order chi connectivity index (χ0) is 10.5. The van der Waals surface area contributed by atoms with Gasteiger partial charge in [-0.05, 0) is 19.9 Å². The summed E-state index contributed by atoms with van der Waals surface area (Å²) in [6, 6.07) is 1.21. The zero-order valence-corrected chi connectivity index (χ0v) is 9.52. The molecule has 0 saturated heterocycles. The van der Waals surface area contributed by atoms with Gasteiger partial charge in [-0.1, -0.05) is 25.7 Å². The number of nitrogens with one attached hydrogen (secondary N) is 1. The molecule has 15 heavy (non-hydrogen) atoms. The second kappa shape index (κ2) is 5.31. The van der Waals surface area contributed by atoms with E-state index in [4.69, 9.17) is 0 Å². The maximum Gasteiger partial charge on any atom is 0.0949 e. The summed E-state index contributed by atoms with van der Waals surface area (Å²) in [6.45, 7) is 0. The van der Waals surface area contributed by atoms with E-state index in [0.29, 0.717) is 12.1 Å². The van der Waals surface area contributed by atoms with E-state index in [1.165, 1.54) is 38.5 Å². The van der Waals surface area contributed by atoms with E-state index in [-0.39, 0.29) is 0 Å². The number of hydrogen-bond donors (Lipinski definition) is 1. The molecule has 1 aliphatic rings. The Bertz CT molecular complexity index is 268. The maximum atomic E-state index is 4.16. The van der Waals surface area contributed by atoms with E-state index in [9.17, 15) is 0 Å². The Balaban J connectivity index is 2.09. The first-order chi connectivity index (χ1) is 7.42. The molecule has 0 aliphatic heterocycles. The fourth-order valence-corrected chi connectivity index (χ4v) is 2.62. The summed E-state index contributed by atoms with van der Waals surface area (Å²) in [5.41, 5.74) is 0. The van der Waals surface area contributed by atoms with Crippen molar-refractivity contribution in [2.75, 3.05) is 7.05 Å². The Morgan fingerprint density at radius 1 is 1.20 bits per heavy atom. The van der Waals surface area contributed by atoms with Gasteiger partial charge in [0.1, 0.15) is 0 Å².